The number of urea groups is 1. The zero-order chi connectivity index (χ0) is 20.1. The van der Waals surface area contributed by atoms with Crippen molar-refractivity contribution < 1.29 is 14.3 Å². The van der Waals surface area contributed by atoms with Crippen LogP contribution in [-0.4, -0.2) is 30.6 Å². The number of carbonyl (C=O) groups is 2. The lowest BCUT2D eigenvalue weighted by atomic mass is 10.1. The first-order valence-electron chi connectivity index (χ1n) is 8.91. The molecule has 0 aliphatic rings. The summed E-state index contributed by atoms with van der Waals surface area (Å²) in [5.74, 6) is 0.124. The Morgan fingerprint density at radius 3 is 2.68 bits per heavy atom. The van der Waals surface area contributed by atoms with E-state index in [1.807, 2.05) is 50.2 Å². The van der Waals surface area contributed by atoms with Crippen molar-refractivity contribution in [2.24, 2.45) is 0 Å². The molecule has 3 N–H and O–H groups in total. The molecular formula is C21H22N4O3. The highest BCUT2D eigenvalue weighted by Gasteiger charge is 2.10. The molecule has 3 aromatic rings. The van der Waals surface area contributed by atoms with Crippen LogP contribution in [0.2, 0.25) is 0 Å². The van der Waals surface area contributed by atoms with E-state index in [0.29, 0.717) is 17.9 Å². The number of nitrogens with one attached hydrogen (secondary N) is 3. The number of rotatable bonds is 5. The van der Waals surface area contributed by atoms with E-state index in [2.05, 4.69) is 20.9 Å². The zero-order valence-corrected chi connectivity index (χ0v) is 16.0. The minimum absolute atomic E-state index is 0.287. The molecule has 7 nitrogen and oxygen atoms in total. The number of carbonyl (C=O) groups excluding carboxylic acids is 2. The molecule has 0 unspecified atom stereocenters. The fourth-order valence-electron chi connectivity index (χ4n) is 2.91. The molecule has 0 bridgehead atoms. The number of pyridine rings is 1. The molecule has 3 rings (SSSR count). The van der Waals surface area contributed by atoms with Gasteiger partial charge in [-0.3, -0.25) is 5.32 Å². The van der Waals surface area contributed by atoms with Crippen LogP contribution in [0, 0.1) is 6.92 Å². The fraction of sp³-hybridized carbons (Fsp3) is 0.190. The van der Waals surface area contributed by atoms with Gasteiger partial charge in [0.25, 0.3) is 0 Å². The summed E-state index contributed by atoms with van der Waals surface area (Å²) in [6.07, 6.45) is 1.72. The van der Waals surface area contributed by atoms with E-state index in [9.17, 15) is 9.59 Å². The van der Waals surface area contributed by atoms with Crippen LogP contribution >= 0.6 is 0 Å². The van der Waals surface area contributed by atoms with Gasteiger partial charge in [0.15, 0.2) is 0 Å². The summed E-state index contributed by atoms with van der Waals surface area (Å²) in [7, 11) is 1.37. The third-order valence-electron chi connectivity index (χ3n) is 4.25. The van der Waals surface area contributed by atoms with E-state index in [4.69, 9.17) is 4.74 Å². The lowest BCUT2D eigenvalue weighted by Crippen LogP contribution is -2.28. The Balaban J connectivity index is 1.86. The van der Waals surface area contributed by atoms with Crippen molar-refractivity contribution in [1.82, 2.24) is 10.3 Å². The first-order valence-corrected chi connectivity index (χ1v) is 8.91. The smallest absolute Gasteiger partial charge is 0.338 e. The van der Waals surface area contributed by atoms with Crippen LogP contribution in [0.3, 0.4) is 0 Å². The number of esters is 1. The summed E-state index contributed by atoms with van der Waals surface area (Å²) in [5.41, 5.74) is 3.08. The number of anilines is 3. The van der Waals surface area contributed by atoms with Crippen molar-refractivity contribution in [3.05, 3.63) is 59.8 Å². The van der Waals surface area contributed by atoms with Crippen molar-refractivity contribution in [3.63, 3.8) is 0 Å². The molecule has 0 aliphatic heterocycles. The summed E-state index contributed by atoms with van der Waals surface area (Å²) < 4.78 is 4.78. The van der Waals surface area contributed by atoms with Gasteiger partial charge in [-0.15, -0.1) is 0 Å². The average molecular weight is 378 g/mol. The lowest BCUT2D eigenvalue weighted by molar-refractivity contribution is 0.0600. The third kappa shape index (κ3) is 4.20. The maximum Gasteiger partial charge on any atom is 0.338 e. The SMILES string of the molecule is CCNC(=O)Nc1cc2cccc(Nc3ccc(C(=O)OC)c(C)c3)c2cn1. The van der Waals surface area contributed by atoms with Gasteiger partial charge >= 0.3 is 12.0 Å². The van der Waals surface area contributed by atoms with Crippen LogP contribution in [0.15, 0.2) is 48.7 Å². The average Bonchev–Trinajstić information content (AvgIpc) is 2.68. The van der Waals surface area contributed by atoms with E-state index < -0.39 is 0 Å². The summed E-state index contributed by atoms with van der Waals surface area (Å²) >= 11 is 0. The Kier molecular flexibility index (Phi) is 5.74. The molecule has 0 radical (unpaired) electrons. The number of aryl methyl sites for hydroxylation is 1. The second-order valence-electron chi connectivity index (χ2n) is 6.23. The second kappa shape index (κ2) is 8.39. The van der Waals surface area contributed by atoms with E-state index in [1.54, 1.807) is 12.3 Å². The largest absolute Gasteiger partial charge is 0.465 e. The molecule has 0 saturated heterocycles. The number of methoxy groups -OCH3 is 1. The second-order valence-corrected chi connectivity index (χ2v) is 6.23. The number of ether oxygens (including phenoxy) is 1. The van der Waals surface area contributed by atoms with Gasteiger partial charge in [-0.1, -0.05) is 12.1 Å². The highest BCUT2D eigenvalue weighted by molar-refractivity contribution is 5.98. The molecule has 0 atom stereocenters. The monoisotopic (exact) mass is 378 g/mol. The Morgan fingerprint density at radius 1 is 1.14 bits per heavy atom. The van der Waals surface area contributed by atoms with Crippen LogP contribution in [0.1, 0.15) is 22.8 Å². The van der Waals surface area contributed by atoms with Crippen LogP contribution < -0.4 is 16.0 Å². The summed E-state index contributed by atoms with van der Waals surface area (Å²) in [5, 5.41) is 10.6. The normalized spacial score (nSPS) is 10.4. The van der Waals surface area contributed by atoms with E-state index in [0.717, 1.165) is 27.7 Å². The predicted molar refractivity (Wildman–Crippen MR) is 110 cm³/mol. The first kappa shape index (κ1) is 19.2. The Labute approximate surface area is 163 Å². The molecule has 0 aliphatic carbocycles. The predicted octanol–water partition coefficient (Wildman–Crippen LogP) is 4.21. The van der Waals surface area contributed by atoms with E-state index in [1.165, 1.54) is 7.11 Å². The molecule has 2 amide bonds. The van der Waals surface area contributed by atoms with Crippen molar-refractivity contribution in [2.45, 2.75) is 13.8 Å². The van der Waals surface area contributed by atoms with E-state index in [-0.39, 0.29) is 12.0 Å². The number of fused-ring (bicyclic) bond motifs is 1. The zero-order valence-electron chi connectivity index (χ0n) is 16.0. The minimum atomic E-state index is -0.356. The molecular weight excluding hydrogens is 356 g/mol. The number of hydrogen-bond acceptors (Lipinski definition) is 5. The quantitative estimate of drug-likeness (QED) is 0.578. The number of amides is 2. The Hall–Kier alpha value is -3.61. The number of aromatic nitrogens is 1. The molecule has 0 spiro atoms. The van der Waals surface area contributed by atoms with Gasteiger partial charge in [0.1, 0.15) is 5.82 Å². The Bertz CT molecular complexity index is 1030. The molecule has 0 saturated carbocycles. The molecule has 144 valence electrons. The van der Waals surface area contributed by atoms with Crippen molar-refractivity contribution in [1.29, 1.82) is 0 Å². The van der Waals surface area contributed by atoms with Gasteiger partial charge in [0.2, 0.25) is 0 Å². The molecule has 2 aromatic carbocycles. The van der Waals surface area contributed by atoms with Gasteiger partial charge in [0.05, 0.1) is 12.7 Å². The Morgan fingerprint density at radius 2 is 1.96 bits per heavy atom. The maximum atomic E-state index is 11.7. The highest BCUT2D eigenvalue weighted by atomic mass is 16.5. The van der Waals surface area contributed by atoms with Crippen LogP contribution in [0.5, 0.6) is 0 Å². The highest BCUT2D eigenvalue weighted by Crippen LogP contribution is 2.28. The van der Waals surface area contributed by atoms with Crippen molar-refractivity contribution in [2.75, 3.05) is 24.3 Å². The summed E-state index contributed by atoms with van der Waals surface area (Å²) in [6.45, 7) is 4.26. The van der Waals surface area contributed by atoms with Crippen LogP contribution in [0.4, 0.5) is 22.0 Å². The van der Waals surface area contributed by atoms with Gasteiger partial charge < -0.3 is 15.4 Å². The maximum absolute atomic E-state index is 11.7. The molecule has 7 heteroatoms. The third-order valence-corrected chi connectivity index (χ3v) is 4.25. The topological polar surface area (TPSA) is 92.4 Å². The van der Waals surface area contributed by atoms with Crippen molar-refractivity contribution in [3.8, 4) is 0 Å². The number of benzene rings is 2. The lowest BCUT2D eigenvalue weighted by Gasteiger charge is -2.12. The minimum Gasteiger partial charge on any atom is -0.465 e. The van der Waals surface area contributed by atoms with Crippen LogP contribution in [-0.2, 0) is 4.74 Å². The van der Waals surface area contributed by atoms with E-state index >= 15 is 0 Å². The summed E-state index contributed by atoms with van der Waals surface area (Å²) in [6, 6.07) is 12.8. The van der Waals surface area contributed by atoms with Gasteiger partial charge in [-0.2, -0.15) is 0 Å². The molecule has 1 aromatic heterocycles. The fourth-order valence-corrected chi connectivity index (χ4v) is 2.91. The molecule has 28 heavy (non-hydrogen) atoms. The van der Waals surface area contributed by atoms with Crippen molar-refractivity contribution >= 4 is 40.0 Å². The van der Waals surface area contributed by atoms with Crippen LogP contribution in [0.25, 0.3) is 10.8 Å². The number of nitrogens with zero attached hydrogens (tertiary/aromatic N) is 1. The molecule has 1 heterocycles. The number of hydrogen-bond donors (Lipinski definition) is 3. The molecule has 0 fully saturated rings. The summed E-state index contributed by atoms with van der Waals surface area (Å²) in [4.78, 5) is 27.7. The first-order chi connectivity index (χ1) is 13.5. The van der Waals surface area contributed by atoms with Gasteiger partial charge in [-0.05, 0) is 55.1 Å². The van der Waals surface area contributed by atoms with Gasteiger partial charge in [0, 0.05) is 29.5 Å². The van der Waals surface area contributed by atoms with Gasteiger partial charge in [-0.25, -0.2) is 14.6 Å². The standard InChI is InChI=1S/C21H22N4O3/c1-4-22-21(27)25-19-11-14-6-5-7-18(17(14)12-23-19)24-15-8-9-16(13(2)10-15)20(26)28-3/h5-12,24H,4H2,1-3H3,(H2,22,23,25,27).